The van der Waals surface area contributed by atoms with E-state index in [1.807, 2.05) is 19.9 Å². The van der Waals surface area contributed by atoms with Crippen LogP contribution in [-0.2, 0) is 11.2 Å². The van der Waals surface area contributed by atoms with Gasteiger partial charge >= 0.3 is 0 Å². The van der Waals surface area contributed by atoms with Gasteiger partial charge in [0.05, 0.1) is 12.7 Å². The summed E-state index contributed by atoms with van der Waals surface area (Å²) < 4.78 is 5.56. The van der Waals surface area contributed by atoms with Gasteiger partial charge in [-0.3, -0.25) is 4.79 Å². The Hall–Kier alpha value is -1.77. The highest BCUT2D eigenvalue weighted by atomic mass is 16.3. The van der Waals surface area contributed by atoms with Gasteiger partial charge < -0.3 is 9.73 Å². The molecule has 0 aliphatic heterocycles. The van der Waals surface area contributed by atoms with Crippen molar-refractivity contribution in [1.29, 1.82) is 0 Å². The average molecular weight is 231 g/mol. The van der Waals surface area contributed by atoms with Crippen LogP contribution in [0.1, 0.15) is 23.6 Å². The Morgan fingerprint density at radius 2 is 2.12 bits per heavy atom. The van der Waals surface area contributed by atoms with Gasteiger partial charge in [-0.15, -0.1) is 0 Å². The van der Waals surface area contributed by atoms with E-state index in [0.29, 0.717) is 13.0 Å². The first kappa shape index (κ1) is 11.7. The van der Waals surface area contributed by atoms with E-state index < -0.39 is 0 Å². The van der Waals surface area contributed by atoms with Gasteiger partial charge in [-0.25, -0.2) is 0 Å². The second kappa shape index (κ2) is 4.62. The highest BCUT2D eigenvalue weighted by Crippen LogP contribution is 2.26. The lowest BCUT2D eigenvalue weighted by Crippen LogP contribution is -2.24. The molecule has 1 aromatic heterocycles. The molecule has 2 rings (SSSR count). The maximum Gasteiger partial charge on any atom is 0.224 e. The largest absolute Gasteiger partial charge is 0.464 e. The molecule has 3 nitrogen and oxygen atoms in total. The van der Waals surface area contributed by atoms with Crippen molar-refractivity contribution < 1.29 is 9.21 Å². The van der Waals surface area contributed by atoms with Gasteiger partial charge in [0.15, 0.2) is 0 Å². The average Bonchev–Trinajstić information content (AvgIpc) is 2.68. The minimum absolute atomic E-state index is 0.0356. The molecular formula is C14H17NO2. The molecule has 1 amide bonds. The molecule has 1 aromatic carbocycles. The van der Waals surface area contributed by atoms with Crippen molar-refractivity contribution >= 4 is 16.9 Å². The van der Waals surface area contributed by atoms with Crippen LogP contribution in [0.15, 0.2) is 22.8 Å². The lowest BCUT2D eigenvalue weighted by molar-refractivity contribution is -0.120. The molecule has 1 heterocycles. The van der Waals surface area contributed by atoms with Crippen molar-refractivity contribution in [2.45, 2.75) is 27.2 Å². The van der Waals surface area contributed by atoms with E-state index in [2.05, 4.69) is 18.3 Å². The van der Waals surface area contributed by atoms with Crippen LogP contribution < -0.4 is 5.32 Å². The predicted octanol–water partition coefficient (Wildman–Crippen LogP) is 2.73. The van der Waals surface area contributed by atoms with Crippen molar-refractivity contribution in [2.75, 3.05) is 6.54 Å². The number of hydrogen-bond acceptors (Lipinski definition) is 2. The Kier molecular flexibility index (Phi) is 3.18. The minimum atomic E-state index is 0.0356. The first-order chi connectivity index (χ1) is 8.13. The zero-order valence-electron chi connectivity index (χ0n) is 10.5. The molecule has 0 atom stereocenters. The fraction of sp³-hybridized carbons (Fsp3) is 0.357. The lowest BCUT2D eigenvalue weighted by atomic mass is 10.0. The Morgan fingerprint density at radius 3 is 2.82 bits per heavy atom. The minimum Gasteiger partial charge on any atom is -0.464 e. The molecule has 0 unspecified atom stereocenters. The van der Waals surface area contributed by atoms with Crippen molar-refractivity contribution in [3.8, 4) is 0 Å². The number of carbonyl (C=O) groups is 1. The SMILES string of the molecule is CCNC(=O)Cc1coc2c(C)c(C)ccc12. The van der Waals surface area contributed by atoms with Gasteiger partial charge in [0.1, 0.15) is 5.58 Å². The fourth-order valence-electron chi connectivity index (χ4n) is 1.96. The molecule has 0 radical (unpaired) electrons. The van der Waals surface area contributed by atoms with E-state index >= 15 is 0 Å². The quantitative estimate of drug-likeness (QED) is 0.882. The lowest BCUT2D eigenvalue weighted by Gasteiger charge is -2.02. The third-order valence-corrected chi connectivity index (χ3v) is 3.07. The van der Waals surface area contributed by atoms with Crippen LogP contribution >= 0.6 is 0 Å². The summed E-state index contributed by atoms with van der Waals surface area (Å²) in [5, 5.41) is 3.83. The Labute approximate surface area is 101 Å². The van der Waals surface area contributed by atoms with Crippen molar-refractivity contribution in [1.82, 2.24) is 5.32 Å². The van der Waals surface area contributed by atoms with E-state index in [4.69, 9.17) is 4.42 Å². The van der Waals surface area contributed by atoms with Crippen molar-refractivity contribution in [3.05, 3.63) is 35.1 Å². The zero-order valence-corrected chi connectivity index (χ0v) is 10.5. The zero-order chi connectivity index (χ0) is 12.4. The third-order valence-electron chi connectivity index (χ3n) is 3.07. The summed E-state index contributed by atoms with van der Waals surface area (Å²) in [5.41, 5.74) is 4.19. The van der Waals surface area contributed by atoms with Gasteiger partial charge in [0.25, 0.3) is 0 Å². The number of carbonyl (C=O) groups excluding carboxylic acids is 1. The number of likely N-dealkylation sites (N-methyl/N-ethyl adjacent to an activating group) is 1. The number of furan rings is 1. The van der Waals surface area contributed by atoms with Gasteiger partial charge in [-0.1, -0.05) is 12.1 Å². The van der Waals surface area contributed by atoms with Crippen molar-refractivity contribution in [2.24, 2.45) is 0 Å². The van der Waals surface area contributed by atoms with Gasteiger partial charge in [0, 0.05) is 17.5 Å². The highest BCUT2D eigenvalue weighted by molar-refractivity contribution is 5.89. The maximum absolute atomic E-state index is 11.6. The van der Waals surface area contributed by atoms with Gasteiger partial charge in [0.2, 0.25) is 5.91 Å². The number of nitrogens with one attached hydrogen (secondary N) is 1. The van der Waals surface area contributed by atoms with Crippen LogP contribution in [0.4, 0.5) is 0 Å². The molecule has 0 saturated carbocycles. The molecule has 0 aliphatic rings. The number of rotatable bonds is 3. The summed E-state index contributed by atoms with van der Waals surface area (Å²) in [6.45, 7) is 6.67. The summed E-state index contributed by atoms with van der Waals surface area (Å²) in [7, 11) is 0. The number of amides is 1. The normalized spacial score (nSPS) is 10.8. The van der Waals surface area contributed by atoms with Crippen LogP contribution in [0.5, 0.6) is 0 Å². The molecule has 0 fully saturated rings. The molecule has 2 aromatic rings. The summed E-state index contributed by atoms with van der Waals surface area (Å²) in [5.74, 6) is 0.0356. The number of benzene rings is 1. The molecular weight excluding hydrogens is 214 g/mol. The van der Waals surface area contributed by atoms with Gasteiger partial charge in [-0.05, 0) is 31.9 Å². The molecule has 90 valence electrons. The molecule has 0 bridgehead atoms. The molecule has 17 heavy (non-hydrogen) atoms. The van der Waals surface area contributed by atoms with Crippen LogP contribution in [0.2, 0.25) is 0 Å². The fourth-order valence-corrected chi connectivity index (χ4v) is 1.96. The third kappa shape index (κ3) is 2.18. The first-order valence-corrected chi connectivity index (χ1v) is 5.86. The van der Waals surface area contributed by atoms with E-state index in [9.17, 15) is 4.79 Å². The number of hydrogen-bond donors (Lipinski definition) is 1. The summed E-state index contributed by atoms with van der Waals surface area (Å²) in [6.07, 6.45) is 2.07. The Balaban J connectivity index is 2.37. The molecule has 0 saturated heterocycles. The first-order valence-electron chi connectivity index (χ1n) is 5.86. The van der Waals surface area contributed by atoms with Crippen LogP contribution in [0.25, 0.3) is 11.0 Å². The Bertz CT molecular complexity index is 555. The highest BCUT2D eigenvalue weighted by Gasteiger charge is 2.12. The van der Waals surface area contributed by atoms with E-state index in [0.717, 1.165) is 22.1 Å². The molecule has 0 aliphatic carbocycles. The van der Waals surface area contributed by atoms with Crippen LogP contribution in [0, 0.1) is 13.8 Å². The monoisotopic (exact) mass is 231 g/mol. The second-order valence-corrected chi connectivity index (χ2v) is 4.28. The second-order valence-electron chi connectivity index (χ2n) is 4.28. The summed E-state index contributed by atoms with van der Waals surface area (Å²) in [4.78, 5) is 11.6. The van der Waals surface area contributed by atoms with Crippen LogP contribution in [-0.4, -0.2) is 12.5 Å². The van der Waals surface area contributed by atoms with E-state index in [1.54, 1.807) is 6.26 Å². The standard InChI is InChI=1S/C14H17NO2/c1-4-15-13(16)7-11-8-17-14-10(3)9(2)5-6-12(11)14/h5-6,8H,4,7H2,1-3H3,(H,15,16). The number of aryl methyl sites for hydroxylation is 2. The van der Waals surface area contributed by atoms with E-state index in [1.165, 1.54) is 5.56 Å². The predicted molar refractivity (Wildman–Crippen MR) is 68.1 cm³/mol. The molecule has 0 spiro atoms. The van der Waals surface area contributed by atoms with Crippen molar-refractivity contribution in [3.63, 3.8) is 0 Å². The Morgan fingerprint density at radius 1 is 1.35 bits per heavy atom. The smallest absolute Gasteiger partial charge is 0.224 e. The summed E-state index contributed by atoms with van der Waals surface area (Å²) >= 11 is 0. The van der Waals surface area contributed by atoms with Gasteiger partial charge in [-0.2, -0.15) is 0 Å². The topological polar surface area (TPSA) is 42.2 Å². The summed E-state index contributed by atoms with van der Waals surface area (Å²) in [6, 6.07) is 4.09. The molecule has 1 N–H and O–H groups in total. The molecule has 3 heteroatoms. The maximum atomic E-state index is 11.6. The number of fused-ring (bicyclic) bond motifs is 1. The van der Waals surface area contributed by atoms with Crippen LogP contribution in [0.3, 0.4) is 0 Å². The van der Waals surface area contributed by atoms with E-state index in [-0.39, 0.29) is 5.91 Å².